The summed E-state index contributed by atoms with van der Waals surface area (Å²) in [5, 5.41) is 0.696. The Kier molecular flexibility index (Phi) is 4.75. The lowest BCUT2D eigenvalue weighted by atomic mass is 10.1. The summed E-state index contributed by atoms with van der Waals surface area (Å²) in [5.41, 5.74) is 3.62. The molecule has 4 nitrogen and oxygen atoms in total. The third-order valence-electron chi connectivity index (χ3n) is 5.55. The zero-order valence-corrected chi connectivity index (χ0v) is 16.9. The number of benzene rings is 3. The minimum absolute atomic E-state index is 0.0179. The van der Waals surface area contributed by atoms with Crippen molar-refractivity contribution >= 4 is 34.2 Å². The summed E-state index contributed by atoms with van der Waals surface area (Å²) in [5.74, 6) is 0.438. The molecule has 1 aromatic heterocycles. The minimum Gasteiger partial charge on any atom is -0.323 e. The van der Waals surface area contributed by atoms with E-state index in [0.717, 1.165) is 22.4 Å². The normalized spacial score (nSPS) is 16.5. The van der Waals surface area contributed by atoms with Gasteiger partial charge in [-0.05, 0) is 48.0 Å². The van der Waals surface area contributed by atoms with Gasteiger partial charge in [-0.1, -0.05) is 41.9 Å². The fraction of sp³-hybridized carbons (Fsp3) is 0.167. The molecule has 3 aromatic carbocycles. The maximum atomic E-state index is 13.7. The third-order valence-corrected chi connectivity index (χ3v) is 5.80. The van der Waals surface area contributed by atoms with Crippen LogP contribution in [0.25, 0.3) is 11.0 Å². The van der Waals surface area contributed by atoms with E-state index >= 15 is 0 Å². The van der Waals surface area contributed by atoms with E-state index in [9.17, 15) is 9.18 Å². The molecule has 0 aliphatic carbocycles. The van der Waals surface area contributed by atoms with Crippen LogP contribution in [0, 0.1) is 5.82 Å². The van der Waals surface area contributed by atoms with Gasteiger partial charge in [0.05, 0.1) is 11.0 Å². The number of nitrogens with zero attached hydrogens (tertiary/aromatic N) is 3. The molecule has 1 saturated heterocycles. The standard InChI is InChI=1S/C24H19ClFN3O/c25-18-10-8-16(9-11-18)14-29-22-7-2-1-6-21(22)27-24(29)17-12-23(30)28(15-17)20-5-3-4-19(26)13-20/h1-11,13,17H,12,14-15H2. The SMILES string of the molecule is O=C1CC(c2nc3ccccc3n2Cc2ccc(Cl)cc2)CN1c1cccc(F)c1. The second-order valence-corrected chi connectivity index (χ2v) is 7.99. The Balaban J connectivity index is 1.52. The smallest absolute Gasteiger partial charge is 0.227 e. The maximum absolute atomic E-state index is 13.7. The van der Waals surface area contributed by atoms with Crippen LogP contribution in [0.1, 0.15) is 23.7 Å². The molecule has 2 heterocycles. The van der Waals surface area contributed by atoms with Gasteiger partial charge >= 0.3 is 0 Å². The van der Waals surface area contributed by atoms with E-state index in [4.69, 9.17) is 16.6 Å². The molecule has 1 fully saturated rings. The van der Waals surface area contributed by atoms with Crippen molar-refractivity contribution in [1.82, 2.24) is 9.55 Å². The van der Waals surface area contributed by atoms with Crippen LogP contribution in [-0.4, -0.2) is 22.0 Å². The molecule has 1 aliphatic rings. The van der Waals surface area contributed by atoms with Crippen molar-refractivity contribution in [2.45, 2.75) is 18.9 Å². The average Bonchev–Trinajstić information content (AvgIpc) is 3.30. The Labute approximate surface area is 178 Å². The Bertz CT molecular complexity index is 1230. The second-order valence-electron chi connectivity index (χ2n) is 7.56. The van der Waals surface area contributed by atoms with Gasteiger partial charge in [-0.15, -0.1) is 0 Å². The molecule has 1 unspecified atom stereocenters. The molecule has 0 saturated carbocycles. The molecule has 6 heteroatoms. The van der Waals surface area contributed by atoms with Gasteiger partial charge in [0.2, 0.25) is 5.91 Å². The Morgan fingerprint density at radius 3 is 2.63 bits per heavy atom. The van der Waals surface area contributed by atoms with Crippen LogP contribution in [0.2, 0.25) is 5.02 Å². The van der Waals surface area contributed by atoms with Crippen molar-refractivity contribution in [3.63, 3.8) is 0 Å². The Morgan fingerprint density at radius 2 is 1.83 bits per heavy atom. The van der Waals surface area contributed by atoms with Gasteiger partial charge in [0, 0.05) is 36.1 Å². The van der Waals surface area contributed by atoms with Crippen LogP contribution in [0.4, 0.5) is 10.1 Å². The first kappa shape index (κ1) is 18.8. The number of rotatable bonds is 4. The van der Waals surface area contributed by atoms with Crippen LogP contribution < -0.4 is 4.90 Å². The van der Waals surface area contributed by atoms with Gasteiger partial charge in [-0.3, -0.25) is 4.79 Å². The molecule has 1 atom stereocenters. The summed E-state index contributed by atoms with van der Waals surface area (Å²) in [6.45, 7) is 1.11. The molecule has 30 heavy (non-hydrogen) atoms. The van der Waals surface area contributed by atoms with Gasteiger partial charge < -0.3 is 9.47 Å². The molecule has 1 aliphatic heterocycles. The lowest BCUT2D eigenvalue weighted by Gasteiger charge is -2.17. The number of carbonyl (C=O) groups excluding carboxylic acids is 1. The molecular weight excluding hydrogens is 401 g/mol. The summed E-state index contributed by atoms with van der Waals surface area (Å²) in [6, 6.07) is 21.9. The number of imidazole rings is 1. The number of fused-ring (bicyclic) bond motifs is 1. The van der Waals surface area contributed by atoms with Crippen LogP contribution in [0.3, 0.4) is 0 Å². The summed E-state index contributed by atoms with van der Waals surface area (Å²) in [4.78, 5) is 19.3. The highest BCUT2D eigenvalue weighted by atomic mass is 35.5. The number of anilines is 1. The number of hydrogen-bond donors (Lipinski definition) is 0. The number of para-hydroxylation sites is 2. The lowest BCUT2D eigenvalue weighted by Crippen LogP contribution is -2.24. The first-order valence-electron chi connectivity index (χ1n) is 9.84. The zero-order chi connectivity index (χ0) is 20.7. The number of hydrogen-bond acceptors (Lipinski definition) is 2. The van der Waals surface area contributed by atoms with Gasteiger partial charge in [-0.25, -0.2) is 9.37 Å². The maximum Gasteiger partial charge on any atom is 0.227 e. The second kappa shape index (κ2) is 7.58. The van der Waals surface area contributed by atoms with Crippen LogP contribution in [0.5, 0.6) is 0 Å². The predicted octanol–water partition coefficient (Wildman–Crippen LogP) is 5.40. The first-order valence-corrected chi connectivity index (χ1v) is 10.2. The van der Waals surface area contributed by atoms with E-state index in [1.807, 2.05) is 48.5 Å². The third kappa shape index (κ3) is 3.46. The van der Waals surface area contributed by atoms with Crippen molar-refractivity contribution in [3.05, 3.63) is 95.0 Å². The van der Waals surface area contributed by atoms with E-state index in [0.29, 0.717) is 30.2 Å². The van der Waals surface area contributed by atoms with Crippen LogP contribution >= 0.6 is 11.6 Å². The van der Waals surface area contributed by atoms with E-state index in [1.165, 1.54) is 12.1 Å². The Hall–Kier alpha value is -3.18. The molecule has 0 spiro atoms. The molecular formula is C24H19ClFN3O. The molecule has 0 radical (unpaired) electrons. The largest absolute Gasteiger partial charge is 0.323 e. The molecule has 150 valence electrons. The fourth-order valence-electron chi connectivity index (χ4n) is 4.12. The zero-order valence-electron chi connectivity index (χ0n) is 16.1. The van der Waals surface area contributed by atoms with Gasteiger partial charge in [0.1, 0.15) is 11.6 Å². The van der Waals surface area contributed by atoms with Crippen LogP contribution in [-0.2, 0) is 11.3 Å². The van der Waals surface area contributed by atoms with Crippen molar-refractivity contribution in [1.29, 1.82) is 0 Å². The topological polar surface area (TPSA) is 38.1 Å². The van der Waals surface area contributed by atoms with E-state index in [2.05, 4.69) is 4.57 Å². The Morgan fingerprint density at radius 1 is 1.03 bits per heavy atom. The number of carbonyl (C=O) groups is 1. The molecule has 0 N–H and O–H groups in total. The summed E-state index contributed by atoms with van der Waals surface area (Å²) in [6.07, 6.45) is 0.348. The number of halogens is 2. The van der Waals surface area contributed by atoms with Gasteiger partial charge in [0.15, 0.2) is 0 Å². The number of amides is 1. The fourth-order valence-corrected chi connectivity index (χ4v) is 4.24. The summed E-state index contributed by atoms with van der Waals surface area (Å²) in [7, 11) is 0. The molecule has 5 rings (SSSR count). The average molecular weight is 420 g/mol. The van der Waals surface area contributed by atoms with Crippen molar-refractivity contribution in [2.75, 3.05) is 11.4 Å². The summed E-state index contributed by atoms with van der Waals surface area (Å²) >= 11 is 6.04. The van der Waals surface area contributed by atoms with Crippen LogP contribution in [0.15, 0.2) is 72.8 Å². The van der Waals surface area contributed by atoms with Crippen molar-refractivity contribution < 1.29 is 9.18 Å². The van der Waals surface area contributed by atoms with Crippen molar-refractivity contribution in [3.8, 4) is 0 Å². The van der Waals surface area contributed by atoms with E-state index in [-0.39, 0.29) is 17.6 Å². The van der Waals surface area contributed by atoms with E-state index < -0.39 is 0 Å². The summed E-state index contributed by atoms with van der Waals surface area (Å²) < 4.78 is 15.9. The highest BCUT2D eigenvalue weighted by Crippen LogP contribution is 2.33. The highest BCUT2D eigenvalue weighted by molar-refractivity contribution is 6.30. The number of aromatic nitrogens is 2. The first-order chi connectivity index (χ1) is 14.6. The van der Waals surface area contributed by atoms with Crippen molar-refractivity contribution in [2.24, 2.45) is 0 Å². The molecule has 0 bridgehead atoms. The minimum atomic E-state index is -0.348. The van der Waals surface area contributed by atoms with Gasteiger partial charge in [0.25, 0.3) is 0 Å². The molecule has 4 aromatic rings. The predicted molar refractivity (Wildman–Crippen MR) is 116 cm³/mol. The monoisotopic (exact) mass is 419 g/mol. The quantitative estimate of drug-likeness (QED) is 0.444. The van der Waals surface area contributed by atoms with Gasteiger partial charge in [-0.2, -0.15) is 0 Å². The lowest BCUT2D eigenvalue weighted by molar-refractivity contribution is -0.117. The molecule has 1 amide bonds. The highest BCUT2D eigenvalue weighted by Gasteiger charge is 2.35. The van der Waals surface area contributed by atoms with E-state index in [1.54, 1.807) is 17.0 Å².